The van der Waals surface area contributed by atoms with Gasteiger partial charge in [0.05, 0.1) is 36.8 Å². The summed E-state index contributed by atoms with van der Waals surface area (Å²) in [5, 5.41) is 4.14. The van der Waals surface area contributed by atoms with Crippen LogP contribution in [0.15, 0.2) is 42.1 Å². The Bertz CT molecular complexity index is 847. The number of morpholine rings is 1. The highest BCUT2D eigenvalue weighted by molar-refractivity contribution is 6.30. The lowest BCUT2D eigenvalue weighted by Crippen LogP contribution is -2.36. The van der Waals surface area contributed by atoms with Gasteiger partial charge in [-0.1, -0.05) is 30.3 Å². The van der Waals surface area contributed by atoms with Crippen molar-refractivity contribution in [3.05, 3.63) is 58.7 Å². The lowest BCUT2D eigenvalue weighted by Gasteiger charge is -2.27. The minimum atomic E-state index is 0.697. The van der Waals surface area contributed by atoms with Crippen LogP contribution in [0.4, 0.5) is 0 Å². The molecule has 26 heavy (non-hydrogen) atoms. The second-order valence-electron chi connectivity index (χ2n) is 6.77. The zero-order valence-corrected chi connectivity index (χ0v) is 15.7. The minimum Gasteiger partial charge on any atom is -0.379 e. The number of nitrogens with one attached hydrogen (secondary N) is 1. The number of rotatable bonds is 4. The molecule has 1 aromatic carbocycles. The van der Waals surface area contributed by atoms with Crippen LogP contribution in [0.1, 0.15) is 18.4 Å². The van der Waals surface area contributed by atoms with Gasteiger partial charge in [-0.3, -0.25) is 4.90 Å². The van der Waals surface area contributed by atoms with Gasteiger partial charge < -0.3 is 14.6 Å². The predicted octanol–water partition coefficient (Wildman–Crippen LogP) is 3.51. The van der Waals surface area contributed by atoms with Crippen LogP contribution in [0.5, 0.6) is 0 Å². The van der Waals surface area contributed by atoms with Crippen molar-refractivity contribution in [2.24, 2.45) is 0 Å². The summed E-state index contributed by atoms with van der Waals surface area (Å²) < 4.78 is 7.72. The third kappa shape index (κ3) is 3.43. The molecule has 4 rings (SSSR count). The number of fused-ring (bicyclic) bond motifs is 1. The summed E-state index contributed by atoms with van der Waals surface area (Å²) in [6, 6.07) is 7.91. The lowest BCUT2D eigenvalue weighted by atomic mass is 10.1. The smallest absolute Gasteiger partial charge is 0.133 e. The molecule has 0 amide bonds. The number of hydrogen-bond acceptors (Lipinski definition) is 4. The van der Waals surface area contributed by atoms with Gasteiger partial charge in [0.25, 0.3) is 0 Å². The zero-order valence-electron chi connectivity index (χ0n) is 15.0. The average Bonchev–Trinajstić information content (AvgIpc) is 3.01. The third-order valence-corrected chi connectivity index (χ3v) is 5.08. The fourth-order valence-corrected chi connectivity index (χ4v) is 3.49. The molecule has 0 atom stereocenters. The quantitative estimate of drug-likeness (QED) is 0.894. The van der Waals surface area contributed by atoms with Crippen molar-refractivity contribution in [3.8, 4) is 11.3 Å². The second kappa shape index (κ2) is 7.27. The van der Waals surface area contributed by atoms with E-state index in [4.69, 9.17) is 21.3 Å². The molecule has 1 saturated heterocycles. The Hall–Kier alpha value is -2.08. The summed E-state index contributed by atoms with van der Waals surface area (Å²) >= 11 is 6.07. The average molecular weight is 371 g/mol. The number of allylic oxidation sites excluding steroid dienone is 1. The lowest BCUT2D eigenvalue weighted by molar-refractivity contribution is 0.0335. The molecule has 1 fully saturated rings. The van der Waals surface area contributed by atoms with Gasteiger partial charge in [0.15, 0.2) is 0 Å². The van der Waals surface area contributed by atoms with Gasteiger partial charge in [-0.05, 0) is 24.6 Å². The van der Waals surface area contributed by atoms with Crippen molar-refractivity contribution in [1.29, 1.82) is 0 Å². The molecule has 2 aliphatic rings. The number of ether oxygens (including phenoxy) is 1. The number of hydrogen-bond donors (Lipinski definition) is 1. The van der Waals surface area contributed by atoms with Gasteiger partial charge in [-0.25, -0.2) is 4.98 Å². The molecular weight excluding hydrogens is 348 g/mol. The zero-order chi connectivity index (χ0) is 18.1. The standard InChI is InChI=1S/C20H23ClN4O/c1-14(2)17-12-25-18(13-24-7-9-26-10-8-24)20(23-19(25)11-22-17)15-3-5-16(21)6-4-15/h3-6,12,22H,1,7-11,13H2,2H3. The first-order valence-electron chi connectivity index (χ1n) is 8.89. The van der Waals surface area contributed by atoms with Gasteiger partial charge in [0.1, 0.15) is 5.82 Å². The number of aromatic nitrogens is 2. The highest BCUT2D eigenvalue weighted by Gasteiger charge is 2.23. The first-order valence-corrected chi connectivity index (χ1v) is 9.27. The molecule has 3 heterocycles. The molecule has 2 aliphatic heterocycles. The van der Waals surface area contributed by atoms with Crippen molar-refractivity contribution in [1.82, 2.24) is 19.8 Å². The first-order chi connectivity index (χ1) is 12.6. The summed E-state index contributed by atoms with van der Waals surface area (Å²) in [4.78, 5) is 7.36. The molecule has 136 valence electrons. The molecule has 0 bridgehead atoms. The van der Waals surface area contributed by atoms with Gasteiger partial charge in [-0.15, -0.1) is 0 Å². The Kier molecular flexibility index (Phi) is 4.85. The van der Waals surface area contributed by atoms with Crippen molar-refractivity contribution < 1.29 is 4.74 Å². The van der Waals surface area contributed by atoms with E-state index in [9.17, 15) is 0 Å². The Morgan fingerprint density at radius 3 is 2.69 bits per heavy atom. The molecule has 0 aliphatic carbocycles. The Balaban J connectivity index is 1.78. The second-order valence-corrected chi connectivity index (χ2v) is 7.20. The summed E-state index contributed by atoms with van der Waals surface area (Å²) in [6.45, 7) is 11.1. The van der Waals surface area contributed by atoms with E-state index in [1.807, 2.05) is 31.2 Å². The third-order valence-electron chi connectivity index (χ3n) is 4.83. The van der Waals surface area contributed by atoms with Crippen molar-refractivity contribution in [2.75, 3.05) is 26.3 Å². The Labute approximate surface area is 158 Å². The monoisotopic (exact) mass is 370 g/mol. The van der Waals surface area contributed by atoms with Crippen LogP contribution >= 0.6 is 11.6 Å². The SMILES string of the molecule is C=C(C)C1=Cn2c(nc(-c3ccc(Cl)cc3)c2CN2CCOCC2)CN1. The van der Waals surface area contributed by atoms with Gasteiger partial charge in [-0.2, -0.15) is 0 Å². The van der Waals surface area contributed by atoms with Gasteiger partial charge >= 0.3 is 0 Å². The maximum absolute atomic E-state index is 6.07. The number of benzene rings is 1. The predicted molar refractivity (Wildman–Crippen MR) is 105 cm³/mol. The van der Waals surface area contributed by atoms with Crippen LogP contribution in [0, 0.1) is 0 Å². The molecule has 6 heteroatoms. The van der Waals surface area contributed by atoms with Crippen molar-refractivity contribution in [3.63, 3.8) is 0 Å². The summed E-state index contributed by atoms with van der Waals surface area (Å²) in [7, 11) is 0. The minimum absolute atomic E-state index is 0.697. The van der Waals surface area contributed by atoms with Crippen LogP contribution < -0.4 is 5.32 Å². The van der Waals surface area contributed by atoms with Crippen LogP contribution in [0.3, 0.4) is 0 Å². The van der Waals surface area contributed by atoms with E-state index in [-0.39, 0.29) is 0 Å². The fraction of sp³-hybridized carbons (Fsp3) is 0.350. The largest absolute Gasteiger partial charge is 0.379 e. The van der Waals surface area contributed by atoms with E-state index in [0.717, 1.165) is 66.2 Å². The highest BCUT2D eigenvalue weighted by Crippen LogP contribution is 2.29. The van der Waals surface area contributed by atoms with Crippen molar-refractivity contribution >= 4 is 17.8 Å². The number of halogens is 1. The van der Waals surface area contributed by atoms with Crippen LogP contribution in [0.25, 0.3) is 17.5 Å². The molecule has 2 aromatic rings. The fourth-order valence-electron chi connectivity index (χ4n) is 3.37. The molecular formula is C20H23ClN4O. The summed E-state index contributed by atoms with van der Waals surface area (Å²) in [6.07, 6.45) is 2.11. The number of nitrogens with zero attached hydrogens (tertiary/aromatic N) is 3. The van der Waals surface area contributed by atoms with Crippen molar-refractivity contribution in [2.45, 2.75) is 20.0 Å². The molecule has 1 N–H and O–H groups in total. The Morgan fingerprint density at radius 1 is 1.27 bits per heavy atom. The van der Waals surface area contributed by atoms with E-state index in [0.29, 0.717) is 6.54 Å². The Morgan fingerprint density at radius 2 is 2.00 bits per heavy atom. The van der Waals surface area contributed by atoms with Gasteiger partial charge in [0.2, 0.25) is 0 Å². The van der Waals surface area contributed by atoms with E-state index < -0.39 is 0 Å². The normalized spacial score (nSPS) is 17.4. The molecule has 1 aromatic heterocycles. The molecule has 0 saturated carbocycles. The maximum Gasteiger partial charge on any atom is 0.133 e. The maximum atomic E-state index is 6.07. The summed E-state index contributed by atoms with van der Waals surface area (Å²) in [5.74, 6) is 1.02. The highest BCUT2D eigenvalue weighted by atomic mass is 35.5. The van der Waals surface area contributed by atoms with E-state index in [2.05, 4.69) is 27.6 Å². The van der Waals surface area contributed by atoms with Crippen LogP contribution in [-0.2, 0) is 17.8 Å². The van der Waals surface area contributed by atoms with E-state index in [1.165, 1.54) is 5.69 Å². The van der Waals surface area contributed by atoms with Crippen LogP contribution in [0.2, 0.25) is 5.02 Å². The topological polar surface area (TPSA) is 42.3 Å². The first kappa shape index (κ1) is 17.3. The van der Waals surface area contributed by atoms with E-state index in [1.54, 1.807) is 0 Å². The molecule has 5 nitrogen and oxygen atoms in total. The van der Waals surface area contributed by atoms with Gasteiger partial charge in [0, 0.05) is 36.4 Å². The van der Waals surface area contributed by atoms with E-state index >= 15 is 0 Å². The summed E-state index contributed by atoms with van der Waals surface area (Å²) in [5.41, 5.74) is 5.38. The number of imidazole rings is 1. The molecule has 0 radical (unpaired) electrons. The van der Waals surface area contributed by atoms with Crippen LogP contribution in [-0.4, -0.2) is 40.8 Å². The molecule has 0 unspecified atom stereocenters. The molecule has 0 spiro atoms.